The Morgan fingerprint density at radius 3 is 2.48 bits per heavy atom. The first-order valence-electron chi connectivity index (χ1n) is 10.4. The van der Waals surface area contributed by atoms with Gasteiger partial charge in [-0.15, -0.1) is 6.58 Å². The number of hydroxylamine groups is 2. The fourth-order valence-electron chi connectivity index (χ4n) is 4.53. The van der Waals surface area contributed by atoms with Gasteiger partial charge >= 0.3 is 5.97 Å². The second-order valence-electron chi connectivity index (χ2n) is 8.33. The Labute approximate surface area is 173 Å². The zero-order valence-electron chi connectivity index (χ0n) is 17.7. The van der Waals surface area contributed by atoms with Crippen LogP contribution in [0.5, 0.6) is 0 Å². The molecular formula is C23H32N2O4. The summed E-state index contributed by atoms with van der Waals surface area (Å²) in [6.07, 6.45) is 3.11. The van der Waals surface area contributed by atoms with Crippen molar-refractivity contribution in [3.63, 3.8) is 0 Å². The molecule has 2 heterocycles. The lowest BCUT2D eigenvalue weighted by Gasteiger charge is -2.45. The Kier molecular flexibility index (Phi) is 6.75. The number of carbonyl (C=O) groups excluding carboxylic acids is 2. The fraction of sp³-hybridized carbons (Fsp3) is 0.565. The molecule has 0 aliphatic carbocycles. The van der Waals surface area contributed by atoms with Crippen molar-refractivity contribution in [2.24, 2.45) is 5.92 Å². The Bertz CT molecular complexity index is 736. The predicted molar refractivity (Wildman–Crippen MR) is 111 cm³/mol. The van der Waals surface area contributed by atoms with Crippen LogP contribution in [0.3, 0.4) is 0 Å². The summed E-state index contributed by atoms with van der Waals surface area (Å²) in [6, 6.07) is 8.77. The summed E-state index contributed by atoms with van der Waals surface area (Å²) in [5.74, 6) is -0.450. The number of likely N-dealkylation sites (tertiary alicyclic amines) is 1. The maximum absolute atomic E-state index is 12.6. The highest BCUT2D eigenvalue weighted by molar-refractivity contribution is 5.88. The molecule has 0 bridgehead atoms. The largest absolute Gasteiger partial charge is 0.469 e. The molecule has 1 aromatic rings. The summed E-state index contributed by atoms with van der Waals surface area (Å²) in [5.41, 5.74) is 1.98. The molecule has 1 atom stereocenters. The SMILES string of the molecule is C=CCON1C(=O)C[C@@H](C(=O)OC)C12CCN(Cc1ccc(C(C)C)cc1)CC2. The number of hydrogen-bond donors (Lipinski definition) is 0. The van der Waals surface area contributed by atoms with E-state index in [9.17, 15) is 9.59 Å². The van der Waals surface area contributed by atoms with Crippen LogP contribution < -0.4 is 0 Å². The lowest BCUT2D eigenvalue weighted by atomic mass is 9.77. The minimum absolute atomic E-state index is 0.139. The van der Waals surface area contributed by atoms with Crippen LogP contribution in [-0.2, 0) is 25.7 Å². The van der Waals surface area contributed by atoms with Crippen LogP contribution in [0.1, 0.15) is 50.2 Å². The summed E-state index contributed by atoms with van der Waals surface area (Å²) < 4.78 is 5.01. The van der Waals surface area contributed by atoms with E-state index in [-0.39, 0.29) is 24.9 Å². The normalized spacial score (nSPS) is 21.7. The average Bonchev–Trinajstić information content (AvgIpc) is 2.99. The third kappa shape index (κ3) is 4.38. The van der Waals surface area contributed by atoms with Gasteiger partial charge in [-0.05, 0) is 29.9 Å². The lowest BCUT2D eigenvalue weighted by Crippen LogP contribution is -2.57. The van der Waals surface area contributed by atoms with Gasteiger partial charge in [0.1, 0.15) is 0 Å². The van der Waals surface area contributed by atoms with Gasteiger partial charge in [-0.25, -0.2) is 5.06 Å². The molecule has 6 nitrogen and oxygen atoms in total. The van der Waals surface area contributed by atoms with Crippen molar-refractivity contribution >= 4 is 11.9 Å². The van der Waals surface area contributed by atoms with E-state index in [0.717, 1.165) is 19.6 Å². The monoisotopic (exact) mass is 400 g/mol. The summed E-state index contributed by atoms with van der Waals surface area (Å²) in [5, 5.41) is 1.45. The summed E-state index contributed by atoms with van der Waals surface area (Å²) >= 11 is 0. The van der Waals surface area contributed by atoms with Gasteiger partial charge in [0, 0.05) is 26.1 Å². The van der Waals surface area contributed by atoms with Gasteiger partial charge in [0.25, 0.3) is 0 Å². The summed E-state index contributed by atoms with van der Waals surface area (Å²) in [4.78, 5) is 33.1. The van der Waals surface area contributed by atoms with Crippen LogP contribution in [0.15, 0.2) is 36.9 Å². The summed E-state index contributed by atoms with van der Waals surface area (Å²) in [7, 11) is 1.38. The molecular weight excluding hydrogens is 368 g/mol. The van der Waals surface area contributed by atoms with Crippen molar-refractivity contribution in [1.29, 1.82) is 0 Å². The second kappa shape index (κ2) is 9.09. The minimum atomic E-state index is -0.634. The van der Waals surface area contributed by atoms with E-state index in [1.54, 1.807) is 6.08 Å². The van der Waals surface area contributed by atoms with Crippen molar-refractivity contribution in [2.45, 2.75) is 51.1 Å². The molecule has 2 fully saturated rings. The number of ether oxygens (including phenoxy) is 1. The van der Waals surface area contributed by atoms with Gasteiger partial charge in [0.15, 0.2) is 0 Å². The molecule has 0 aromatic heterocycles. The number of hydrogen-bond acceptors (Lipinski definition) is 5. The third-order valence-corrected chi connectivity index (χ3v) is 6.24. The molecule has 2 aliphatic heterocycles. The highest BCUT2D eigenvalue weighted by atomic mass is 16.7. The number of amides is 1. The van der Waals surface area contributed by atoms with Gasteiger partial charge in [-0.3, -0.25) is 19.3 Å². The van der Waals surface area contributed by atoms with Crippen molar-refractivity contribution < 1.29 is 19.2 Å². The van der Waals surface area contributed by atoms with Crippen LogP contribution in [0.4, 0.5) is 0 Å². The Morgan fingerprint density at radius 1 is 1.28 bits per heavy atom. The van der Waals surface area contributed by atoms with Crippen molar-refractivity contribution in [2.75, 3.05) is 26.8 Å². The predicted octanol–water partition coefficient (Wildman–Crippen LogP) is 3.28. The van der Waals surface area contributed by atoms with Crippen LogP contribution in [0.25, 0.3) is 0 Å². The number of esters is 1. The van der Waals surface area contributed by atoms with Gasteiger partial charge < -0.3 is 4.74 Å². The highest BCUT2D eigenvalue weighted by Gasteiger charge is 2.58. The average molecular weight is 401 g/mol. The molecule has 3 rings (SSSR count). The van der Waals surface area contributed by atoms with E-state index in [2.05, 4.69) is 49.6 Å². The molecule has 1 aromatic carbocycles. The number of methoxy groups -OCH3 is 1. The molecule has 158 valence electrons. The topological polar surface area (TPSA) is 59.1 Å². The van der Waals surface area contributed by atoms with Crippen LogP contribution in [0.2, 0.25) is 0 Å². The maximum atomic E-state index is 12.6. The van der Waals surface area contributed by atoms with Crippen LogP contribution in [0, 0.1) is 5.92 Å². The minimum Gasteiger partial charge on any atom is -0.469 e. The first-order chi connectivity index (χ1) is 13.9. The fourth-order valence-corrected chi connectivity index (χ4v) is 4.53. The van der Waals surface area contributed by atoms with E-state index in [1.165, 1.54) is 23.3 Å². The van der Waals surface area contributed by atoms with E-state index in [1.807, 2.05) is 0 Å². The van der Waals surface area contributed by atoms with E-state index in [4.69, 9.17) is 9.57 Å². The first-order valence-corrected chi connectivity index (χ1v) is 10.4. The number of rotatable bonds is 7. The molecule has 0 saturated carbocycles. The Morgan fingerprint density at radius 2 is 1.93 bits per heavy atom. The zero-order chi connectivity index (χ0) is 21.0. The van der Waals surface area contributed by atoms with Gasteiger partial charge in [-0.2, -0.15) is 0 Å². The smallest absolute Gasteiger partial charge is 0.311 e. The van der Waals surface area contributed by atoms with E-state index >= 15 is 0 Å². The molecule has 2 aliphatic rings. The number of carbonyl (C=O) groups is 2. The lowest BCUT2D eigenvalue weighted by molar-refractivity contribution is -0.218. The molecule has 0 unspecified atom stereocenters. The van der Waals surface area contributed by atoms with Gasteiger partial charge in [0.2, 0.25) is 5.91 Å². The van der Waals surface area contributed by atoms with Crippen LogP contribution in [-0.4, -0.2) is 54.2 Å². The molecule has 0 radical (unpaired) electrons. The molecule has 0 N–H and O–H groups in total. The van der Waals surface area contributed by atoms with Gasteiger partial charge in [-0.1, -0.05) is 44.2 Å². The second-order valence-corrected chi connectivity index (χ2v) is 8.33. The standard InChI is InChI=1S/C23H32N2O4/c1-5-14-29-25-21(26)15-20(22(27)28-4)23(25)10-12-24(13-11-23)16-18-6-8-19(9-7-18)17(2)3/h5-9,17,20H,1,10-16H2,2-4H3/t20-/m0/s1. The molecule has 1 spiro atoms. The molecule has 1 amide bonds. The van der Waals surface area contributed by atoms with Crippen LogP contribution >= 0.6 is 0 Å². The quantitative estimate of drug-likeness (QED) is 0.519. The number of benzene rings is 1. The van der Waals surface area contributed by atoms with Crippen molar-refractivity contribution in [1.82, 2.24) is 9.96 Å². The Hall–Kier alpha value is -2.18. The summed E-state index contributed by atoms with van der Waals surface area (Å²) in [6.45, 7) is 10.7. The van der Waals surface area contributed by atoms with Crippen molar-refractivity contribution in [3.05, 3.63) is 48.0 Å². The van der Waals surface area contributed by atoms with Crippen molar-refractivity contribution in [3.8, 4) is 0 Å². The highest BCUT2D eigenvalue weighted by Crippen LogP contribution is 2.44. The number of nitrogens with zero attached hydrogens (tertiary/aromatic N) is 2. The van der Waals surface area contributed by atoms with Gasteiger partial charge in [0.05, 0.1) is 25.2 Å². The zero-order valence-corrected chi connectivity index (χ0v) is 17.7. The molecule has 2 saturated heterocycles. The third-order valence-electron chi connectivity index (χ3n) is 6.24. The first kappa shape index (κ1) is 21.5. The van der Waals surface area contributed by atoms with E-state index in [0.29, 0.717) is 18.8 Å². The molecule has 29 heavy (non-hydrogen) atoms. The number of piperidine rings is 1. The van der Waals surface area contributed by atoms with E-state index < -0.39 is 11.5 Å². The Balaban J connectivity index is 1.71. The molecule has 6 heteroatoms. The maximum Gasteiger partial charge on any atom is 0.311 e.